The summed E-state index contributed by atoms with van der Waals surface area (Å²) in [4.78, 5) is 0. The molecule has 0 radical (unpaired) electrons. The lowest BCUT2D eigenvalue weighted by atomic mass is 10.1. The molecule has 2 rings (SSSR count). The van der Waals surface area contributed by atoms with Gasteiger partial charge in [0.25, 0.3) is 0 Å². The average molecular weight is 335 g/mol. The summed E-state index contributed by atoms with van der Waals surface area (Å²) in [6.45, 7) is 14.0. The maximum absolute atomic E-state index is 5.99. The Morgan fingerprint density at radius 2 is 1.80 bits per heavy atom. The van der Waals surface area contributed by atoms with E-state index in [9.17, 15) is 0 Å². The quantitative estimate of drug-likeness (QED) is 0.524. The smallest absolute Gasteiger partial charge is 0.129 e. The molecule has 25 heavy (non-hydrogen) atoms. The van der Waals surface area contributed by atoms with E-state index in [0.717, 1.165) is 17.9 Å². The van der Waals surface area contributed by atoms with E-state index in [2.05, 4.69) is 39.5 Å². The van der Waals surface area contributed by atoms with Crippen LogP contribution in [0.25, 0.3) is 0 Å². The van der Waals surface area contributed by atoms with Gasteiger partial charge in [-0.3, -0.25) is 0 Å². The first-order valence-corrected chi connectivity index (χ1v) is 8.68. The van der Waals surface area contributed by atoms with Crippen LogP contribution >= 0.6 is 0 Å². The highest BCUT2D eigenvalue weighted by Crippen LogP contribution is 2.26. The molecule has 1 aromatic rings. The molecule has 1 aliphatic rings. The van der Waals surface area contributed by atoms with E-state index in [1.54, 1.807) is 0 Å². The van der Waals surface area contributed by atoms with Crippen LogP contribution in [0.5, 0.6) is 5.75 Å². The number of ether oxygens (including phenoxy) is 1. The van der Waals surface area contributed by atoms with Crippen molar-refractivity contribution in [3.63, 3.8) is 0 Å². The molecule has 0 N–H and O–H groups in total. The van der Waals surface area contributed by atoms with Crippen LogP contribution in [0.1, 0.15) is 41.0 Å². The molecule has 1 heteroatoms. The highest BCUT2D eigenvalue weighted by atomic mass is 16.5. The summed E-state index contributed by atoms with van der Waals surface area (Å²) >= 11 is 0. The van der Waals surface area contributed by atoms with Crippen molar-refractivity contribution in [1.29, 1.82) is 0 Å². The van der Waals surface area contributed by atoms with Crippen molar-refractivity contribution in [3.8, 4) is 5.75 Å². The molecule has 0 aromatic heterocycles. The van der Waals surface area contributed by atoms with Gasteiger partial charge in [-0.15, -0.1) is 0 Å². The van der Waals surface area contributed by atoms with Gasteiger partial charge in [0.15, 0.2) is 0 Å². The maximum atomic E-state index is 5.99. The number of para-hydroxylation sites is 1. The topological polar surface area (TPSA) is 9.23 Å². The van der Waals surface area contributed by atoms with Crippen molar-refractivity contribution >= 4 is 0 Å². The lowest BCUT2D eigenvalue weighted by Gasteiger charge is -2.12. The molecule has 0 heterocycles. The van der Waals surface area contributed by atoms with Gasteiger partial charge < -0.3 is 4.74 Å². The molecule has 1 aromatic carbocycles. The third kappa shape index (κ3) is 7.71. The first-order chi connectivity index (χ1) is 12.0. The summed E-state index contributed by atoms with van der Waals surface area (Å²) in [5.74, 6) is 1.90. The summed E-state index contributed by atoms with van der Waals surface area (Å²) in [7, 11) is 0. The fourth-order valence-electron chi connectivity index (χ4n) is 2.30. The normalized spacial score (nSPS) is 15.0. The number of allylic oxidation sites excluding steroid dienone is 10. The summed E-state index contributed by atoms with van der Waals surface area (Å²) < 4.78 is 5.99. The van der Waals surface area contributed by atoms with E-state index in [1.165, 1.54) is 22.3 Å². The minimum Gasteiger partial charge on any atom is -0.457 e. The van der Waals surface area contributed by atoms with Crippen molar-refractivity contribution in [3.05, 3.63) is 101 Å². The van der Waals surface area contributed by atoms with Crippen LogP contribution in [0.3, 0.4) is 0 Å². The van der Waals surface area contributed by atoms with Gasteiger partial charge in [-0.25, -0.2) is 0 Å². The Kier molecular flexibility index (Phi) is 9.10. The van der Waals surface area contributed by atoms with Crippen LogP contribution in [-0.4, -0.2) is 0 Å². The van der Waals surface area contributed by atoms with Gasteiger partial charge in [0, 0.05) is 0 Å². The first-order valence-electron chi connectivity index (χ1n) is 8.68. The van der Waals surface area contributed by atoms with Crippen LogP contribution in [0.2, 0.25) is 0 Å². The fraction of sp³-hybridized carbons (Fsp3) is 0.250. The minimum atomic E-state index is 0.897. The van der Waals surface area contributed by atoms with E-state index in [1.807, 2.05) is 68.5 Å². The van der Waals surface area contributed by atoms with Crippen LogP contribution in [0.4, 0.5) is 0 Å². The number of benzene rings is 1. The zero-order chi connectivity index (χ0) is 18.7. The van der Waals surface area contributed by atoms with Gasteiger partial charge in [0.05, 0.1) is 0 Å². The molecule has 0 amide bonds. The van der Waals surface area contributed by atoms with Crippen molar-refractivity contribution < 1.29 is 4.74 Å². The predicted molar refractivity (Wildman–Crippen MR) is 111 cm³/mol. The Bertz CT molecular complexity index is 710. The van der Waals surface area contributed by atoms with Gasteiger partial charge in [-0.1, -0.05) is 72.4 Å². The van der Waals surface area contributed by atoms with E-state index in [0.29, 0.717) is 0 Å². The van der Waals surface area contributed by atoms with Gasteiger partial charge in [-0.05, 0) is 64.3 Å². The Morgan fingerprint density at radius 1 is 1.12 bits per heavy atom. The molecular weight excluding hydrogens is 304 g/mol. The fourth-order valence-corrected chi connectivity index (χ4v) is 2.30. The Morgan fingerprint density at radius 3 is 2.40 bits per heavy atom. The molecular formula is C24H30O. The molecule has 0 aliphatic heterocycles. The van der Waals surface area contributed by atoms with E-state index >= 15 is 0 Å². The summed E-state index contributed by atoms with van der Waals surface area (Å²) in [5.41, 5.74) is 4.97. The molecule has 1 nitrogen and oxygen atoms in total. The van der Waals surface area contributed by atoms with Crippen LogP contribution in [0.15, 0.2) is 101 Å². The monoisotopic (exact) mass is 334 g/mol. The van der Waals surface area contributed by atoms with Gasteiger partial charge >= 0.3 is 0 Å². The zero-order valence-corrected chi connectivity index (χ0v) is 16.2. The third-order valence-corrected chi connectivity index (χ3v) is 3.76. The maximum Gasteiger partial charge on any atom is 0.129 e. The van der Waals surface area contributed by atoms with Gasteiger partial charge in [0.2, 0.25) is 0 Å². The second-order valence-corrected chi connectivity index (χ2v) is 6.14. The highest BCUT2D eigenvalue weighted by molar-refractivity contribution is 5.41. The number of hydrogen-bond acceptors (Lipinski definition) is 1. The van der Waals surface area contributed by atoms with Crippen molar-refractivity contribution in [2.45, 2.75) is 41.0 Å². The summed E-state index contributed by atoms with van der Waals surface area (Å²) in [6, 6.07) is 9.95. The lowest BCUT2D eigenvalue weighted by molar-refractivity contribution is 0.429. The van der Waals surface area contributed by atoms with Gasteiger partial charge in [-0.2, -0.15) is 0 Å². The first kappa shape index (κ1) is 20.5. The van der Waals surface area contributed by atoms with E-state index < -0.39 is 0 Å². The van der Waals surface area contributed by atoms with Crippen LogP contribution in [0, 0.1) is 0 Å². The molecule has 1 aliphatic carbocycles. The Hall–Kier alpha value is -2.54. The van der Waals surface area contributed by atoms with Gasteiger partial charge in [0.1, 0.15) is 11.5 Å². The van der Waals surface area contributed by atoms with Crippen LogP contribution < -0.4 is 4.74 Å². The SMILES string of the molecule is C=C/C(C)=C\C=C/C.CC1=CCC(C)=C(Oc2ccccc2)C(C)=C1. The predicted octanol–water partition coefficient (Wildman–Crippen LogP) is 7.33. The van der Waals surface area contributed by atoms with Crippen LogP contribution in [-0.2, 0) is 0 Å². The standard InChI is InChI=1S/C16H18O.C8H12/c1-12-9-10-13(2)16(14(3)11-12)17-15-7-5-4-6-8-15;1-4-6-7-8(3)5-2/h4-9,11H,10H2,1-3H3;4-7H,2H2,1,3H3/b;6-4-,8-7-. The number of rotatable bonds is 4. The van der Waals surface area contributed by atoms with E-state index in [4.69, 9.17) is 4.74 Å². The molecule has 0 bridgehead atoms. The van der Waals surface area contributed by atoms with E-state index in [-0.39, 0.29) is 0 Å². The lowest BCUT2D eigenvalue weighted by Crippen LogP contribution is -1.99. The molecule has 0 unspecified atom stereocenters. The second kappa shape index (κ2) is 11.1. The third-order valence-electron chi connectivity index (χ3n) is 3.76. The zero-order valence-electron chi connectivity index (χ0n) is 16.2. The molecule has 0 spiro atoms. The second-order valence-electron chi connectivity index (χ2n) is 6.14. The Balaban J connectivity index is 0.000000333. The molecule has 0 atom stereocenters. The van der Waals surface area contributed by atoms with Crippen molar-refractivity contribution in [2.75, 3.05) is 0 Å². The molecule has 132 valence electrons. The van der Waals surface area contributed by atoms with Crippen molar-refractivity contribution in [1.82, 2.24) is 0 Å². The minimum absolute atomic E-state index is 0.897. The Labute approximate surface area is 153 Å². The average Bonchev–Trinajstić information content (AvgIpc) is 2.74. The molecule has 0 saturated heterocycles. The highest BCUT2D eigenvalue weighted by Gasteiger charge is 2.10. The largest absolute Gasteiger partial charge is 0.457 e. The number of hydrogen-bond donors (Lipinski definition) is 0. The molecule has 0 saturated carbocycles. The summed E-state index contributed by atoms with van der Waals surface area (Å²) in [6.07, 6.45) is 13.2. The van der Waals surface area contributed by atoms with Crippen molar-refractivity contribution in [2.24, 2.45) is 0 Å². The molecule has 0 fully saturated rings. The summed E-state index contributed by atoms with van der Waals surface area (Å²) in [5, 5.41) is 0.